The minimum Gasteiger partial charge on any atom is -0.368 e. The van der Waals surface area contributed by atoms with E-state index in [1.54, 1.807) is 0 Å². The molecule has 1 saturated carbocycles. The van der Waals surface area contributed by atoms with Gasteiger partial charge in [-0.1, -0.05) is 30.3 Å². The topological polar surface area (TPSA) is 81.1 Å². The van der Waals surface area contributed by atoms with Crippen molar-refractivity contribution in [1.29, 1.82) is 0 Å². The Labute approximate surface area is 149 Å². The Balaban J connectivity index is 0.00000132. The molecule has 0 saturated heterocycles. The fraction of sp³-hybridized carbons (Fsp3) is 0.375. The van der Waals surface area contributed by atoms with Gasteiger partial charge >= 0.3 is 0 Å². The minimum absolute atomic E-state index is 0. The SMILES string of the molecule is CN(Cc1ccccc1)c1cc(C2CC(N)C2)nc(N)n1.Cl.Cl. The lowest BCUT2D eigenvalue weighted by Crippen LogP contribution is -2.35. The maximum Gasteiger partial charge on any atom is 0.222 e. The first kappa shape index (κ1) is 19.5. The minimum atomic E-state index is 0. The van der Waals surface area contributed by atoms with E-state index in [1.165, 1.54) is 5.56 Å². The number of nitrogens with zero attached hydrogens (tertiary/aromatic N) is 3. The van der Waals surface area contributed by atoms with E-state index in [1.807, 2.05) is 31.3 Å². The van der Waals surface area contributed by atoms with E-state index in [2.05, 4.69) is 27.0 Å². The van der Waals surface area contributed by atoms with Crippen LogP contribution >= 0.6 is 24.8 Å². The van der Waals surface area contributed by atoms with Crippen molar-refractivity contribution in [3.05, 3.63) is 47.7 Å². The fourth-order valence-corrected chi connectivity index (χ4v) is 2.72. The Morgan fingerprint density at radius 3 is 2.39 bits per heavy atom. The number of nitrogen functional groups attached to an aromatic ring is 1. The zero-order valence-electron chi connectivity index (χ0n) is 13.1. The molecule has 3 rings (SSSR count). The smallest absolute Gasteiger partial charge is 0.222 e. The predicted octanol–water partition coefficient (Wildman–Crippen LogP) is 2.74. The third-order valence-electron chi connectivity index (χ3n) is 4.00. The number of rotatable bonds is 4. The van der Waals surface area contributed by atoms with E-state index in [0.29, 0.717) is 17.9 Å². The Morgan fingerprint density at radius 1 is 1.13 bits per heavy atom. The van der Waals surface area contributed by atoms with E-state index in [9.17, 15) is 0 Å². The van der Waals surface area contributed by atoms with Crippen molar-refractivity contribution in [1.82, 2.24) is 9.97 Å². The van der Waals surface area contributed by atoms with Crippen molar-refractivity contribution in [3.8, 4) is 0 Å². The van der Waals surface area contributed by atoms with Gasteiger partial charge in [0.2, 0.25) is 5.95 Å². The van der Waals surface area contributed by atoms with Gasteiger partial charge in [-0.3, -0.25) is 0 Å². The van der Waals surface area contributed by atoms with Crippen LogP contribution in [0.25, 0.3) is 0 Å². The van der Waals surface area contributed by atoms with Crippen LogP contribution in [0.5, 0.6) is 0 Å². The second-order valence-corrected chi connectivity index (χ2v) is 5.78. The molecule has 1 aliphatic rings. The van der Waals surface area contributed by atoms with Crippen LogP contribution in [0.15, 0.2) is 36.4 Å². The highest BCUT2D eigenvalue weighted by atomic mass is 35.5. The lowest BCUT2D eigenvalue weighted by molar-refractivity contribution is 0.345. The molecule has 0 amide bonds. The number of benzene rings is 1. The quantitative estimate of drug-likeness (QED) is 0.880. The van der Waals surface area contributed by atoms with Crippen molar-refractivity contribution >= 4 is 36.6 Å². The molecule has 1 aromatic heterocycles. The number of nitrogens with two attached hydrogens (primary N) is 2. The van der Waals surface area contributed by atoms with Gasteiger partial charge in [-0.05, 0) is 18.4 Å². The van der Waals surface area contributed by atoms with Crippen LogP contribution < -0.4 is 16.4 Å². The van der Waals surface area contributed by atoms with Crippen molar-refractivity contribution in [2.24, 2.45) is 5.73 Å². The lowest BCUT2D eigenvalue weighted by atomic mass is 9.78. The Bertz CT molecular complexity index is 617. The maximum atomic E-state index is 5.86. The third-order valence-corrected chi connectivity index (χ3v) is 4.00. The van der Waals surface area contributed by atoms with Crippen molar-refractivity contribution < 1.29 is 0 Å². The molecule has 2 aromatic rings. The molecule has 0 bridgehead atoms. The van der Waals surface area contributed by atoms with E-state index in [0.717, 1.165) is 30.9 Å². The normalized spacial score (nSPS) is 19.0. The Kier molecular flexibility index (Phi) is 7.06. The summed E-state index contributed by atoms with van der Waals surface area (Å²) >= 11 is 0. The first-order valence-corrected chi connectivity index (χ1v) is 7.27. The van der Waals surface area contributed by atoms with E-state index >= 15 is 0 Å². The molecule has 7 heteroatoms. The van der Waals surface area contributed by atoms with Crippen molar-refractivity contribution in [2.75, 3.05) is 17.7 Å². The highest BCUT2D eigenvalue weighted by Gasteiger charge is 2.29. The van der Waals surface area contributed by atoms with Gasteiger partial charge in [0, 0.05) is 31.6 Å². The summed E-state index contributed by atoms with van der Waals surface area (Å²) < 4.78 is 0. The summed E-state index contributed by atoms with van der Waals surface area (Å²) in [5.74, 6) is 1.62. The van der Waals surface area contributed by atoms with Crippen LogP contribution in [0.4, 0.5) is 11.8 Å². The average Bonchev–Trinajstić information content (AvgIpc) is 2.44. The maximum absolute atomic E-state index is 5.86. The van der Waals surface area contributed by atoms with E-state index < -0.39 is 0 Å². The van der Waals surface area contributed by atoms with Crippen LogP contribution in [0.2, 0.25) is 0 Å². The molecule has 0 aliphatic heterocycles. The third kappa shape index (κ3) is 4.70. The molecule has 126 valence electrons. The zero-order chi connectivity index (χ0) is 14.8. The van der Waals surface area contributed by atoms with Gasteiger partial charge in [0.1, 0.15) is 5.82 Å². The molecule has 1 fully saturated rings. The number of halogens is 2. The molecule has 5 nitrogen and oxygen atoms in total. The highest BCUT2D eigenvalue weighted by Crippen LogP contribution is 2.35. The molecule has 23 heavy (non-hydrogen) atoms. The Morgan fingerprint density at radius 2 is 1.78 bits per heavy atom. The molecule has 1 aliphatic carbocycles. The van der Waals surface area contributed by atoms with Crippen molar-refractivity contribution in [2.45, 2.75) is 31.3 Å². The summed E-state index contributed by atoms with van der Waals surface area (Å²) in [6.45, 7) is 0.793. The van der Waals surface area contributed by atoms with Crippen LogP contribution in [-0.4, -0.2) is 23.1 Å². The summed E-state index contributed by atoms with van der Waals surface area (Å²) in [6.07, 6.45) is 1.97. The number of hydrogen-bond donors (Lipinski definition) is 2. The molecular weight excluding hydrogens is 333 g/mol. The van der Waals surface area contributed by atoms with Gasteiger partial charge in [0.25, 0.3) is 0 Å². The second-order valence-electron chi connectivity index (χ2n) is 5.78. The summed E-state index contributed by atoms with van der Waals surface area (Å²) in [5, 5.41) is 0. The molecule has 0 radical (unpaired) electrons. The summed E-state index contributed by atoms with van der Waals surface area (Å²) in [5.41, 5.74) is 14.0. The monoisotopic (exact) mass is 355 g/mol. The molecule has 0 unspecified atom stereocenters. The van der Waals surface area contributed by atoms with E-state index in [4.69, 9.17) is 11.5 Å². The molecule has 4 N–H and O–H groups in total. The first-order valence-electron chi connectivity index (χ1n) is 7.27. The van der Waals surface area contributed by atoms with Gasteiger partial charge in [-0.15, -0.1) is 24.8 Å². The van der Waals surface area contributed by atoms with Crippen molar-refractivity contribution in [3.63, 3.8) is 0 Å². The largest absolute Gasteiger partial charge is 0.368 e. The molecular formula is C16H23Cl2N5. The van der Waals surface area contributed by atoms with Gasteiger partial charge in [0.15, 0.2) is 0 Å². The summed E-state index contributed by atoms with van der Waals surface area (Å²) in [4.78, 5) is 10.8. The first-order chi connectivity index (χ1) is 10.1. The lowest BCUT2D eigenvalue weighted by Gasteiger charge is -2.32. The molecule has 0 atom stereocenters. The summed E-state index contributed by atoms with van der Waals surface area (Å²) in [6, 6.07) is 12.6. The van der Waals surface area contributed by atoms with Gasteiger partial charge in [-0.25, -0.2) is 4.98 Å². The Hall–Kier alpha value is -1.56. The second kappa shape index (κ2) is 8.34. The predicted molar refractivity (Wildman–Crippen MR) is 99.4 cm³/mol. The number of aromatic nitrogens is 2. The number of anilines is 2. The molecule has 0 spiro atoms. The number of hydrogen-bond acceptors (Lipinski definition) is 5. The highest BCUT2D eigenvalue weighted by molar-refractivity contribution is 5.85. The zero-order valence-corrected chi connectivity index (χ0v) is 14.7. The van der Waals surface area contributed by atoms with Crippen LogP contribution in [0, 0.1) is 0 Å². The molecule has 1 aromatic carbocycles. The van der Waals surface area contributed by atoms with Gasteiger partial charge in [0.05, 0.1) is 5.69 Å². The van der Waals surface area contributed by atoms with Crippen LogP contribution in [0.3, 0.4) is 0 Å². The van der Waals surface area contributed by atoms with Crippen LogP contribution in [0.1, 0.15) is 30.0 Å². The van der Waals surface area contributed by atoms with E-state index in [-0.39, 0.29) is 24.8 Å². The average molecular weight is 356 g/mol. The standard InChI is InChI=1S/C16H21N5.2ClH/c1-21(10-11-5-3-2-4-6-11)15-9-14(19-16(18)20-15)12-7-13(17)8-12;;/h2-6,9,12-13H,7-8,10,17H2,1H3,(H2,18,19,20);2*1H. The molecule has 1 heterocycles. The van der Waals surface area contributed by atoms with Gasteiger partial charge < -0.3 is 16.4 Å². The van der Waals surface area contributed by atoms with Gasteiger partial charge in [-0.2, -0.15) is 4.98 Å². The fourth-order valence-electron chi connectivity index (χ4n) is 2.72. The van der Waals surface area contributed by atoms with Crippen LogP contribution in [-0.2, 0) is 6.54 Å². The summed E-state index contributed by atoms with van der Waals surface area (Å²) in [7, 11) is 2.02.